The van der Waals surface area contributed by atoms with E-state index < -0.39 is 22.0 Å². The van der Waals surface area contributed by atoms with Gasteiger partial charge in [0, 0.05) is 93.1 Å². The molecule has 1 atom stereocenters. The smallest absolute Gasteiger partial charge is 0.255 e. The molecule has 2 saturated heterocycles. The molecule has 3 aliphatic rings. The highest BCUT2D eigenvalue weighted by Gasteiger charge is 2.40. The Balaban J connectivity index is 0.885. The van der Waals surface area contributed by atoms with E-state index in [1.807, 2.05) is 30.1 Å². The normalized spacial score (nSPS) is 16.6. The molecule has 0 radical (unpaired) electrons. The van der Waals surface area contributed by atoms with Crippen LogP contribution in [0.2, 0.25) is 5.02 Å². The van der Waals surface area contributed by atoms with E-state index in [-0.39, 0.29) is 72.0 Å². The Morgan fingerprint density at radius 2 is 1.78 bits per heavy atom. The first-order chi connectivity index (χ1) is 31.2. The standard InChI is InChI=1S/C44H49ClN12O7S/c1-5-25-21-33(51-44-49-23-29(45)41(53-44)50-32-10-9-31-39(48-18-17-47-31)40(32)54-65(4,62)63)36(64-3)22-35(25)56-19-14-26(15-20-56)55(2)38(59)13-16-46-30-8-6-7-27-28(30)24-57(43(27)61)34-11-12-37(58)52-42(34)60/h6-10,17-18,21-23,26,34,46,54H,5,11-16,19-20,24H2,1-4H3,(H,52,58,60)(H2,49,50,51,53). The van der Waals surface area contributed by atoms with Gasteiger partial charge in [0.2, 0.25) is 33.7 Å². The van der Waals surface area contributed by atoms with Gasteiger partial charge in [0.1, 0.15) is 22.3 Å². The summed E-state index contributed by atoms with van der Waals surface area (Å²) in [4.78, 5) is 74.2. The summed E-state index contributed by atoms with van der Waals surface area (Å²) in [5.74, 6) is -0.0235. The van der Waals surface area contributed by atoms with Crippen molar-refractivity contribution in [2.75, 3.05) is 65.6 Å². The molecule has 0 bridgehead atoms. The van der Waals surface area contributed by atoms with E-state index in [0.717, 1.165) is 61.1 Å². The molecule has 0 aliphatic carbocycles. The number of amides is 4. The lowest BCUT2D eigenvalue weighted by Crippen LogP contribution is -2.52. The fraction of sp³-hybridized carbons (Fsp3) is 0.364. The Bertz CT molecular complexity index is 2800. The maximum atomic E-state index is 13.5. The van der Waals surface area contributed by atoms with Gasteiger partial charge in [-0.2, -0.15) is 4.98 Å². The Hall–Kier alpha value is -6.80. The quantitative estimate of drug-likeness (QED) is 0.0851. The number of aromatic nitrogens is 4. The number of methoxy groups -OCH3 is 1. The third kappa shape index (κ3) is 9.68. The summed E-state index contributed by atoms with van der Waals surface area (Å²) in [6.45, 7) is 4.15. The third-order valence-corrected chi connectivity index (χ3v) is 12.8. The topological polar surface area (TPSA) is 233 Å². The number of carbonyl (C=O) groups excluding carboxylic acids is 4. The number of fused-ring (bicyclic) bond motifs is 2. The second kappa shape index (κ2) is 18.7. The second-order valence-corrected chi connectivity index (χ2v) is 18.2. The van der Waals surface area contributed by atoms with Crippen molar-refractivity contribution in [2.45, 2.75) is 64.1 Å². The van der Waals surface area contributed by atoms with E-state index in [2.05, 4.69) is 57.7 Å². The number of benzene rings is 3. The highest BCUT2D eigenvalue weighted by molar-refractivity contribution is 7.92. The molecule has 65 heavy (non-hydrogen) atoms. The zero-order valence-electron chi connectivity index (χ0n) is 36.3. The lowest BCUT2D eigenvalue weighted by Gasteiger charge is -2.39. The molecule has 2 fully saturated rings. The van der Waals surface area contributed by atoms with Crippen LogP contribution < -0.4 is 35.6 Å². The highest BCUT2D eigenvalue weighted by Crippen LogP contribution is 2.39. The van der Waals surface area contributed by atoms with Gasteiger partial charge in [0.15, 0.2) is 5.82 Å². The summed E-state index contributed by atoms with van der Waals surface area (Å²) in [5, 5.41) is 12.3. The Morgan fingerprint density at radius 3 is 2.52 bits per heavy atom. The van der Waals surface area contributed by atoms with E-state index >= 15 is 0 Å². The number of imide groups is 1. The van der Waals surface area contributed by atoms with Crippen molar-refractivity contribution in [2.24, 2.45) is 0 Å². The molecule has 21 heteroatoms. The lowest BCUT2D eigenvalue weighted by atomic mass is 10.00. The van der Waals surface area contributed by atoms with Crippen LogP contribution in [0.3, 0.4) is 0 Å². The molecular weight excluding hydrogens is 876 g/mol. The minimum absolute atomic E-state index is 0.0106. The van der Waals surface area contributed by atoms with Gasteiger partial charge in [-0.05, 0) is 61.6 Å². The molecule has 5 N–H and O–H groups in total. The molecule has 2 aromatic heterocycles. The van der Waals surface area contributed by atoms with Gasteiger partial charge in [-0.15, -0.1) is 0 Å². The number of nitrogens with one attached hydrogen (secondary N) is 5. The fourth-order valence-corrected chi connectivity index (χ4v) is 9.30. The highest BCUT2D eigenvalue weighted by atomic mass is 35.5. The molecular formula is C44H49ClN12O7S. The van der Waals surface area contributed by atoms with Gasteiger partial charge in [-0.3, -0.25) is 39.2 Å². The maximum Gasteiger partial charge on any atom is 0.255 e. The summed E-state index contributed by atoms with van der Waals surface area (Å²) in [6.07, 6.45) is 8.47. The first kappa shape index (κ1) is 44.8. The van der Waals surface area contributed by atoms with Gasteiger partial charge in [-0.25, -0.2) is 13.4 Å². The molecule has 3 aromatic carbocycles. The molecule has 5 aromatic rings. The van der Waals surface area contributed by atoms with Crippen molar-refractivity contribution in [3.05, 3.63) is 82.8 Å². The number of sulfonamides is 1. The molecule has 8 rings (SSSR count). The van der Waals surface area contributed by atoms with Crippen molar-refractivity contribution in [3.63, 3.8) is 0 Å². The average molecular weight is 925 g/mol. The largest absolute Gasteiger partial charge is 0.494 e. The summed E-state index contributed by atoms with van der Waals surface area (Å²) in [5.41, 5.74) is 6.15. The average Bonchev–Trinajstić information content (AvgIpc) is 3.63. The van der Waals surface area contributed by atoms with Crippen LogP contribution in [0.5, 0.6) is 5.75 Å². The van der Waals surface area contributed by atoms with Crippen LogP contribution >= 0.6 is 11.6 Å². The van der Waals surface area contributed by atoms with Crippen LogP contribution in [0.25, 0.3) is 11.0 Å². The van der Waals surface area contributed by atoms with Gasteiger partial charge in [0.25, 0.3) is 5.91 Å². The summed E-state index contributed by atoms with van der Waals surface area (Å²) >= 11 is 6.55. The van der Waals surface area contributed by atoms with E-state index in [0.29, 0.717) is 40.3 Å². The van der Waals surface area contributed by atoms with Crippen molar-refractivity contribution in [3.8, 4) is 5.75 Å². The van der Waals surface area contributed by atoms with Crippen LogP contribution in [0.1, 0.15) is 60.5 Å². The van der Waals surface area contributed by atoms with Crippen LogP contribution in [0, 0.1) is 0 Å². The molecule has 19 nitrogen and oxygen atoms in total. The summed E-state index contributed by atoms with van der Waals surface area (Å²) < 4.78 is 33.0. The van der Waals surface area contributed by atoms with Crippen LogP contribution in [-0.4, -0.2) is 114 Å². The number of anilines is 7. The van der Waals surface area contributed by atoms with Crippen LogP contribution in [0.15, 0.2) is 61.1 Å². The monoisotopic (exact) mass is 924 g/mol. The van der Waals surface area contributed by atoms with Crippen LogP contribution in [0.4, 0.5) is 40.2 Å². The van der Waals surface area contributed by atoms with Crippen molar-refractivity contribution < 1.29 is 32.3 Å². The van der Waals surface area contributed by atoms with Crippen molar-refractivity contribution in [1.29, 1.82) is 0 Å². The zero-order valence-corrected chi connectivity index (χ0v) is 37.8. The van der Waals surface area contributed by atoms with E-state index in [9.17, 15) is 27.6 Å². The minimum atomic E-state index is -3.69. The molecule has 340 valence electrons. The number of piperidine rings is 2. The molecule has 0 saturated carbocycles. The van der Waals surface area contributed by atoms with Gasteiger partial charge in [-0.1, -0.05) is 24.6 Å². The number of rotatable bonds is 15. The molecule has 1 unspecified atom stereocenters. The molecule has 5 heterocycles. The summed E-state index contributed by atoms with van der Waals surface area (Å²) in [6, 6.07) is 12.1. The van der Waals surface area contributed by atoms with Gasteiger partial charge >= 0.3 is 0 Å². The van der Waals surface area contributed by atoms with Gasteiger partial charge < -0.3 is 35.4 Å². The number of hydrogen-bond donors (Lipinski definition) is 5. The molecule has 4 amide bonds. The second-order valence-electron chi connectivity index (χ2n) is 16.1. The minimum Gasteiger partial charge on any atom is -0.494 e. The molecule has 0 spiro atoms. The van der Waals surface area contributed by atoms with Crippen molar-refractivity contribution in [1.82, 2.24) is 35.1 Å². The lowest BCUT2D eigenvalue weighted by molar-refractivity contribution is -0.137. The Morgan fingerprint density at radius 1 is 1.00 bits per heavy atom. The fourth-order valence-electron chi connectivity index (χ4n) is 8.58. The molecule has 3 aliphatic heterocycles. The zero-order chi connectivity index (χ0) is 46.0. The number of carbonyl (C=O) groups is 4. The van der Waals surface area contributed by atoms with Gasteiger partial charge in [0.05, 0.1) is 42.1 Å². The number of halogens is 1. The van der Waals surface area contributed by atoms with Crippen molar-refractivity contribution >= 4 is 96.5 Å². The number of ether oxygens (including phenoxy) is 1. The number of nitrogens with zero attached hydrogens (tertiary/aromatic N) is 7. The van der Waals surface area contributed by atoms with E-state index in [1.165, 1.54) is 23.5 Å². The first-order valence-electron chi connectivity index (χ1n) is 21.2. The number of aryl methyl sites for hydroxylation is 1. The van der Waals surface area contributed by atoms with E-state index in [1.54, 1.807) is 31.4 Å². The maximum absolute atomic E-state index is 13.5. The number of hydrogen-bond acceptors (Lipinski definition) is 15. The third-order valence-electron chi connectivity index (χ3n) is 11.9. The summed E-state index contributed by atoms with van der Waals surface area (Å²) in [7, 11) is -0.252. The predicted octanol–water partition coefficient (Wildman–Crippen LogP) is 5.19. The Labute approximate surface area is 380 Å². The van der Waals surface area contributed by atoms with E-state index in [4.69, 9.17) is 16.3 Å². The Kier molecular flexibility index (Phi) is 12.9. The SMILES string of the molecule is CCc1cc(Nc2ncc(Cl)c(Nc3ccc4nccnc4c3NS(C)(=O)=O)n2)c(OC)cc1N1CCC(N(C)C(=O)CCNc2cccc3c2CN(C2CCC(=O)NC2=O)C3=O)CC1. The predicted molar refractivity (Wildman–Crippen MR) is 248 cm³/mol. The van der Waals surface area contributed by atoms with Crippen LogP contribution in [-0.2, 0) is 37.4 Å². The first-order valence-corrected chi connectivity index (χ1v) is 23.5.